The largest absolute Gasteiger partial charge is 0.480 e. The minimum absolute atomic E-state index is 0.0207. The molecule has 0 atom stereocenters. The van der Waals surface area contributed by atoms with E-state index in [2.05, 4.69) is 5.10 Å². The molecule has 0 aliphatic carbocycles. The minimum atomic E-state index is -1.34. The first-order valence-electron chi connectivity index (χ1n) is 5.65. The number of hydrogen-bond donors (Lipinski definition) is 1. The molecule has 0 unspecified atom stereocenters. The van der Waals surface area contributed by atoms with Crippen LogP contribution in [0, 0.1) is 5.82 Å². The summed E-state index contributed by atoms with van der Waals surface area (Å²) in [7, 11) is 1.42. The Hall–Kier alpha value is -2.70. The van der Waals surface area contributed by atoms with Crippen molar-refractivity contribution in [3.05, 3.63) is 57.6 Å². The predicted octanol–water partition coefficient (Wildman–Crippen LogP) is 1.14. The Kier molecular flexibility index (Phi) is 3.79. The van der Waals surface area contributed by atoms with E-state index in [1.165, 1.54) is 25.3 Å². The van der Waals surface area contributed by atoms with Gasteiger partial charge in [0.15, 0.2) is 0 Å². The molecule has 7 heteroatoms. The molecule has 0 aliphatic heterocycles. The zero-order valence-electron chi connectivity index (χ0n) is 10.5. The maximum atomic E-state index is 13.5. The van der Waals surface area contributed by atoms with Crippen LogP contribution >= 0.6 is 0 Å². The highest BCUT2D eigenvalue weighted by atomic mass is 19.1. The third-order valence-electron chi connectivity index (χ3n) is 2.65. The van der Waals surface area contributed by atoms with Gasteiger partial charge in [-0.1, -0.05) is 6.07 Å². The molecule has 0 spiro atoms. The highest BCUT2D eigenvalue weighted by Gasteiger charge is 2.11. The van der Waals surface area contributed by atoms with Gasteiger partial charge in [0.05, 0.1) is 19.2 Å². The van der Waals surface area contributed by atoms with Gasteiger partial charge in [-0.15, -0.1) is 5.10 Å². The summed E-state index contributed by atoms with van der Waals surface area (Å²) in [5.74, 6) is -1.94. The van der Waals surface area contributed by atoms with Gasteiger partial charge in [0.2, 0.25) is 5.88 Å². The van der Waals surface area contributed by atoms with E-state index in [-0.39, 0.29) is 18.0 Å². The Labute approximate surface area is 113 Å². The average molecular weight is 278 g/mol. The van der Waals surface area contributed by atoms with E-state index in [1.54, 1.807) is 0 Å². The van der Waals surface area contributed by atoms with Gasteiger partial charge >= 0.3 is 5.97 Å². The number of methoxy groups -OCH3 is 1. The fourth-order valence-corrected chi connectivity index (χ4v) is 1.66. The van der Waals surface area contributed by atoms with Crippen molar-refractivity contribution in [2.75, 3.05) is 7.11 Å². The number of benzene rings is 1. The van der Waals surface area contributed by atoms with E-state index >= 15 is 0 Å². The van der Waals surface area contributed by atoms with Crippen LogP contribution in [0.2, 0.25) is 0 Å². The molecule has 0 aliphatic rings. The maximum Gasteiger partial charge on any atom is 0.338 e. The summed E-state index contributed by atoms with van der Waals surface area (Å²) in [4.78, 5) is 22.3. The Morgan fingerprint density at radius 2 is 2.15 bits per heavy atom. The molecule has 2 rings (SSSR count). The molecule has 0 fully saturated rings. The van der Waals surface area contributed by atoms with Crippen LogP contribution in [0.5, 0.6) is 5.88 Å². The molecule has 1 aromatic heterocycles. The van der Waals surface area contributed by atoms with Gasteiger partial charge < -0.3 is 9.84 Å². The van der Waals surface area contributed by atoms with Crippen LogP contribution < -0.4 is 10.3 Å². The SMILES string of the molecule is COc1ccc(=O)n(Cc2ccc(C(=O)O)c(F)c2)n1. The van der Waals surface area contributed by atoms with E-state index in [4.69, 9.17) is 9.84 Å². The summed E-state index contributed by atoms with van der Waals surface area (Å²) < 4.78 is 19.5. The Bertz CT molecular complexity index is 712. The fraction of sp³-hybridized carbons (Fsp3) is 0.154. The highest BCUT2D eigenvalue weighted by molar-refractivity contribution is 5.87. The van der Waals surface area contributed by atoms with Crippen LogP contribution in [-0.2, 0) is 6.54 Å². The zero-order chi connectivity index (χ0) is 14.7. The van der Waals surface area contributed by atoms with Crippen LogP contribution in [0.25, 0.3) is 0 Å². The second-order valence-corrected chi connectivity index (χ2v) is 3.99. The van der Waals surface area contributed by atoms with Crippen molar-refractivity contribution in [1.29, 1.82) is 0 Å². The first kappa shape index (κ1) is 13.7. The smallest absolute Gasteiger partial charge is 0.338 e. The predicted molar refractivity (Wildman–Crippen MR) is 67.5 cm³/mol. The number of hydrogen-bond acceptors (Lipinski definition) is 4. The lowest BCUT2D eigenvalue weighted by Crippen LogP contribution is -2.22. The summed E-state index contributed by atoms with van der Waals surface area (Å²) in [5.41, 5.74) is -0.358. The molecule has 0 bridgehead atoms. The standard InChI is InChI=1S/C13H11FN2O4/c1-20-11-4-5-12(17)16(15-11)7-8-2-3-9(13(18)19)10(14)6-8/h2-6H,7H2,1H3,(H,18,19). The van der Waals surface area contributed by atoms with E-state index < -0.39 is 17.3 Å². The normalized spacial score (nSPS) is 10.3. The highest BCUT2D eigenvalue weighted by Crippen LogP contribution is 2.11. The molecule has 1 heterocycles. The maximum absolute atomic E-state index is 13.5. The van der Waals surface area contributed by atoms with Gasteiger partial charge in [0, 0.05) is 12.1 Å². The first-order chi connectivity index (χ1) is 9.51. The van der Waals surface area contributed by atoms with Crippen LogP contribution in [-0.4, -0.2) is 28.0 Å². The second kappa shape index (κ2) is 5.52. The van der Waals surface area contributed by atoms with E-state index in [0.29, 0.717) is 5.56 Å². The van der Waals surface area contributed by atoms with Crippen molar-refractivity contribution in [1.82, 2.24) is 9.78 Å². The van der Waals surface area contributed by atoms with E-state index in [0.717, 1.165) is 16.8 Å². The number of halogens is 1. The molecule has 20 heavy (non-hydrogen) atoms. The van der Waals surface area contributed by atoms with Crippen molar-refractivity contribution in [3.8, 4) is 5.88 Å². The van der Waals surface area contributed by atoms with Gasteiger partial charge in [-0.3, -0.25) is 4.79 Å². The number of rotatable bonds is 4. The van der Waals surface area contributed by atoms with Gasteiger partial charge in [-0.05, 0) is 17.7 Å². The van der Waals surface area contributed by atoms with E-state index in [9.17, 15) is 14.0 Å². The molecule has 0 saturated heterocycles. The van der Waals surface area contributed by atoms with Crippen LogP contribution in [0.15, 0.2) is 35.1 Å². The summed E-state index contributed by atoms with van der Waals surface area (Å²) in [6.07, 6.45) is 0. The number of carboxylic acid groups (broad SMARTS) is 1. The van der Waals surface area contributed by atoms with Crippen molar-refractivity contribution < 1.29 is 19.0 Å². The van der Waals surface area contributed by atoms with E-state index in [1.807, 2.05) is 0 Å². The molecule has 2 aromatic rings. The molecular formula is C13H11FN2O4. The Morgan fingerprint density at radius 1 is 1.40 bits per heavy atom. The number of carboxylic acids is 1. The Balaban J connectivity index is 2.33. The fourth-order valence-electron chi connectivity index (χ4n) is 1.66. The third kappa shape index (κ3) is 2.82. The van der Waals surface area contributed by atoms with Crippen LogP contribution in [0.4, 0.5) is 4.39 Å². The lowest BCUT2D eigenvalue weighted by Gasteiger charge is -2.07. The average Bonchev–Trinajstić information content (AvgIpc) is 2.41. The summed E-state index contributed by atoms with van der Waals surface area (Å²) in [5, 5.41) is 12.7. The molecule has 0 amide bonds. The number of carbonyl (C=O) groups is 1. The van der Waals surface area contributed by atoms with Gasteiger partial charge in [0.25, 0.3) is 5.56 Å². The quantitative estimate of drug-likeness (QED) is 0.906. The van der Waals surface area contributed by atoms with Crippen molar-refractivity contribution >= 4 is 5.97 Å². The number of ether oxygens (including phenoxy) is 1. The van der Waals surface area contributed by atoms with Crippen LogP contribution in [0.3, 0.4) is 0 Å². The van der Waals surface area contributed by atoms with Gasteiger partial charge in [-0.25, -0.2) is 13.9 Å². The molecule has 1 aromatic carbocycles. The van der Waals surface area contributed by atoms with Crippen LogP contribution in [0.1, 0.15) is 15.9 Å². The summed E-state index contributed by atoms with van der Waals surface area (Å²) >= 11 is 0. The molecule has 0 saturated carbocycles. The first-order valence-corrected chi connectivity index (χ1v) is 5.65. The molecular weight excluding hydrogens is 267 g/mol. The van der Waals surface area contributed by atoms with Crippen molar-refractivity contribution in [3.63, 3.8) is 0 Å². The number of aromatic carboxylic acids is 1. The lowest BCUT2D eigenvalue weighted by molar-refractivity contribution is 0.0692. The topological polar surface area (TPSA) is 81.4 Å². The summed E-state index contributed by atoms with van der Waals surface area (Å²) in [6, 6.07) is 6.36. The molecule has 1 N–H and O–H groups in total. The van der Waals surface area contributed by atoms with Crippen molar-refractivity contribution in [2.45, 2.75) is 6.54 Å². The Morgan fingerprint density at radius 3 is 2.75 bits per heavy atom. The van der Waals surface area contributed by atoms with Crippen molar-refractivity contribution in [2.24, 2.45) is 0 Å². The number of nitrogens with zero attached hydrogens (tertiary/aromatic N) is 2. The van der Waals surface area contributed by atoms with Gasteiger partial charge in [-0.2, -0.15) is 0 Å². The minimum Gasteiger partial charge on any atom is -0.480 e. The zero-order valence-corrected chi connectivity index (χ0v) is 10.5. The molecule has 0 radical (unpaired) electrons. The summed E-state index contributed by atoms with van der Waals surface area (Å²) in [6.45, 7) is 0.0207. The molecule has 6 nitrogen and oxygen atoms in total. The monoisotopic (exact) mass is 278 g/mol. The second-order valence-electron chi connectivity index (χ2n) is 3.99. The lowest BCUT2D eigenvalue weighted by atomic mass is 10.1. The third-order valence-corrected chi connectivity index (χ3v) is 2.65. The molecule has 104 valence electrons. The van der Waals surface area contributed by atoms with Gasteiger partial charge in [0.1, 0.15) is 5.82 Å². The number of aromatic nitrogens is 2.